The number of nitrogens with one attached hydrogen (secondary N) is 3. The molecular weight excluding hydrogens is 401 g/mol. The molecule has 0 aliphatic rings. The van der Waals surface area contributed by atoms with Crippen LogP contribution in [0, 0.1) is 0 Å². The highest BCUT2D eigenvalue weighted by Crippen LogP contribution is 2.29. The number of alkyl halides is 3. The zero-order valence-electron chi connectivity index (χ0n) is 17.2. The predicted molar refractivity (Wildman–Crippen MR) is 108 cm³/mol. The van der Waals surface area contributed by atoms with Crippen LogP contribution in [0.4, 0.5) is 19.1 Å². The Labute approximate surface area is 172 Å². The minimum Gasteiger partial charge on any atom is -0.497 e. The molecule has 1 aromatic heterocycles. The van der Waals surface area contributed by atoms with E-state index in [-0.39, 0.29) is 12.0 Å². The van der Waals surface area contributed by atoms with Crippen LogP contribution in [0.25, 0.3) is 0 Å². The van der Waals surface area contributed by atoms with E-state index >= 15 is 0 Å². The zero-order chi connectivity index (χ0) is 22.1. The lowest BCUT2D eigenvalue weighted by atomic mass is 10.1. The molecule has 0 aliphatic carbocycles. The number of halogens is 3. The molecule has 0 saturated heterocycles. The summed E-state index contributed by atoms with van der Waals surface area (Å²) in [6.45, 7) is 2.61. The average Bonchev–Trinajstić information content (AvgIpc) is 2.74. The molecule has 1 atom stereocenters. The predicted octanol–water partition coefficient (Wildman–Crippen LogP) is 2.85. The second kappa shape index (κ2) is 10.5. The molecule has 0 bridgehead atoms. The molecule has 0 saturated carbocycles. The van der Waals surface area contributed by atoms with Gasteiger partial charge in [0.05, 0.1) is 20.3 Å². The van der Waals surface area contributed by atoms with Gasteiger partial charge in [0.15, 0.2) is 5.96 Å². The third kappa shape index (κ3) is 6.39. The van der Waals surface area contributed by atoms with Crippen molar-refractivity contribution < 1.29 is 22.6 Å². The summed E-state index contributed by atoms with van der Waals surface area (Å²) in [5, 5.41) is 9.06. The lowest BCUT2D eigenvalue weighted by Crippen LogP contribution is -2.40. The molecule has 11 heteroatoms. The molecule has 0 aliphatic heterocycles. The summed E-state index contributed by atoms with van der Waals surface area (Å²) in [4.78, 5) is 11.4. The van der Waals surface area contributed by atoms with Crippen LogP contribution < -0.4 is 25.4 Å². The van der Waals surface area contributed by atoms with Crippen LogP contribution in [0.5, 0.6) is 11.5 Å². The van der Waals surface area contributed by atoms with Crippen molar-refractivity contribution in [3.8, 4) is 11.5 Å². The van der Waals surface area contributed by atoms with Crippen LogP contribution in [0.1, 0.15) is 24.2 Å². The molecule has 1 aromatic carbocycles. The van der Waals surface area contributed by atoms with E-state index in [1.165, 1.54) is 0 Å². The minimum absolute atomic E-state index is 0.0935. The number of anilines is 1. The maximum atomic E-state index is 12.7. The third-order valence-corrected chi connectivity index (χ3v) is 4.13. The minimum atomic E-state index is -4.51. The molecule has 0 radical (unpaired) electrons. The van der Waals surface area contributed by atoms with Gasteiger partial charge in [-0.15, -0.1) is 0 Å². The van der Waals surface area contributed by atoms with E-state index in [2.05, 4.69) is 30.9 Å². The van der Waals surface area contributed by atoms with Gasteiger partial charge in [-0.25, -0.2) is 9.97 Å². The molecule has 0 fully saturated rings. The van der Waals surface area contributed by atoms with Gasteiger partial charge in [-0.3, -0.25) is 4.99 Å². The van der Waals surface area contributed by atoms with E-state index in [4.69, 9.17) is 9.47 Å². The molecule has 30 heavy (non-hydrogen) atoms. The highest BCUT2D eigenvalue weighted by molar-refractivity contribution is 5.80. The maximum absolute atomic E-state index is 12.7. The second-order valence-corrected chi connectivity index (χ2v) is 6.16. The van der Waals surface area contributed by atoms with Gasteiger partial charge < -0.3 is 25.4 Å². The fourth-order valence-electron chi connectivity index (χ4n) is 2.61. The normalized spacial score (nSPS) is 12.8. The van der Waals surface area contributed by atoms with Gasteiger partial charge >= 0.3 is 6.18 Å². The van der Waals surface area contributed by atoms with Gasteiger partial charge in [0, 0.05) is 31.9 Å². The first-order chi connectivity index (χ1) is 14.3. The van der Waals surface area contributed by atoms with Crippen LogP contribution in [0.15, 0.2) is 35.5 Å². The summed E-state index contributed by atoms with van der Waals surface area (Å²) in [6.07, 6.45) is -3.45. The zero-order valence-corrected chi connectivity index (χ0v) is 17.2. The maximum Gasteiger partial charge on any atom is 0.433 e. The largest absolute Gasteiger partial charge is 0.497 e. The molecule has 164 valence electrons. The molecule has 3 N–H and O–H groups in total. The van der Waals surface area contributed by atoms with Crippen molar-refractivity contribution in [3.63, 3.8) is 0 Å². The van der Waals surface area contributed by atoms with E-state index in [1.54, 1.807) is 21.3 Å². The van der Waals surface area contributed by atoms with Crippen molar-refractivity contribution in [1.29, 1.82) is 0 Å². The number of hydrogen-bond donors (Lipinski definition) is 3. The standard InChI is InChI=1S/C19H25F3N6O2/c1-12(14-11-13(29-3)5-6-15(14)30-4)27-17(23-2)25-9-10-26-18-24-8-7-16(28-18)19(20,21)22/h5-8,11-12H,9-10H2,1-4H3,(H2,23,25,27)(H,24,26,28). The summed E-state index contributed by atoms with van der Waals surface area (Å²) in [5.74, 6) is 1.82. The van der Waals surface area contributed by atoms with E-state index in [1.807, 2.05) is 25.1 Å². The van der Waals surface area contributed by atoms with Crippen LogP contribution in [0.2, 0.25) is 0 Å². The number of hydrogen-bond acceptors (Lipinski definition) is 6. The highest BCUT2D eigenvalue weighted by Gasteiger charge is 2.32. The Morgan fingerprint density at radius 2 is 1.93 bits per heavy atom. The summed E-state index contributed by atoms with van der Waals surface area (Å²) in [6, 6.07) is 6.17. The number of methoxy groups -OCH3 is 2. The van der Waals surface area contributed by atoms with Crippen molar-refractivity contribution in [2.45, 2.75) is 19.1 Å². The van der Waals surface area contributed by atoms with E-state index in [0.29, 0.717) is 30.5 Å². The van der Waals surface area contributed by atoms with Crippen LogP contribution in [-0.2, 0) is 6.18 Å². The van der Waals surface area contributed by atoms with E-state index in [0.717, 1.165) is 17.8 Å². The molecule has 8 nitrogen and oxygen atoms in total. The van der Waals surface area contributed by atoms with E-state index < -0.39 is 11.9 Å². The Morgan fingerprint density at radius 3 is 2.57 bits per heavy atom. The Balaban J connectivity index is 1.90. The Morgan fingerprint density at radius 1 is 1.17 bits per heavy atom. The Bertz CT molecular complexity index is 860. The summed E-state index contributed by atoms with van der Waals surface area (Å²) in [7, 11) is 4.80. The van der Waals surface area contributed by atoms with Crippen LogP contribution in [0.3, 0.4) is 0 Å². The molecule has 2 aromatic rings. The fraction of sp³-hybridized carbons (Fsp3) is 0.421. The van der Waals surface area contributed by atoms with Crippen molar-refractivity contribution >= 4 is 11.9 Å². The number of nitrogens with zero attached hydrogens (tertiary/aromatic N) is 3. The lowest BCUT2D eigenvalue weighted by molar-refractivity contribution is -0.141. The van der Waals surface area contributed by atoms with Gasteiger partial charge in [0.1, 0.15) is 17.2 Å². The number of aliphatic imine (C=N–C) groups is 1. The number of guanidine groups is 1. The van der Waals surface area contributed by atoms with Gasteiger partial charge in [-0.1, -0.05) is 0 Å². The van der Waals surface area contributed by atoms with Crippen molar-refractivity contribution in [3.05, 3.63) is 41.7 Å². The van der Waals surface area contributed by atoms with Crippen molar-refractivity contribution in [2.75, 3.05) is 39.7 Å². The average molecular weight is 426 g/mol. The molecule has 1 heterocycles. The van der Waals surface area contributed by atoms with Crippen LogP contribution in [-0.4, -0.2) is 50.3 Å². The Kier molecular flexibility index (Phi) is 8.07. The molecule has 0 spiro atoms. The highest BCUT2D eigenvalue weighted by atomic mass is 19.4. The SMILES string of the molecule is CN=C(NCCNc1nccc(C(F)(F)F)n1)NC(C)c1cc(OC)ccc1OC. The smallest absolute Gasteiger partial charge is 0.433 e. The van der Waals surface area contributed by atoms with Gasteiger partial charge in [-0.05, 0) is 31.2 Å². The molecule has 0 amide bonds. The van der Waals surface area contributed by atoms with Gasteiger partial charge in [-0.2, -0.15) is 13.2 Å². The Hall–Kier alpha value is -3.24. The number of benzene rings is 1. The first-order valence-corrected chi connectivity index (χ1v) is 9.11. The third-order valence-electron chi connectivity index (χ3n) is 4.13. The number of aromatic nitrogens is 2. The lowest BCUT2D eigenvalue weighted by Gasteiger charge is -2.21. The number of ether oxygens (including phenoxy) is 2. The summed E-state index contributed by atoms with van der Waals surface area (Å²) in [5.41, 5.74) is -0.109. The van der Waals surface area contributed by atoms with Gasteiger partial charge in [0.25, 0.3) is 0 Å². The quantitative estimate of drug-likeness (QED) is 0.340. The van der Waals surface area contributed by atoms with E-state index in [9.17, 15) is 13.2 Å². The summed E-state index contributed by atoms with van der Waals surface area (Å²) >= 11 is 0. The van der Waals surface area contributed by atoms with Gasteiger partial charge in [0.2, 0.25) is 5.95 Å². The van der Waals surface area contributed by atoms with Crippen molar-refractivity contribution in [1.82, 2.24) is 20.6 Å². The molecule has 1 unspecified atom stereocenters. The second-order valence-electron chi connectivity index (χ2n) is 6.16. The topological polar surface area (TPSA) is 92.7 Å². The van der Waals surface area contributed by atoms with Crippen molar-refractivity contribution in [2.24, 2.45) is 4.99 Å². The number of rotatable bonds is 8. The fourth-order valence-corrected chi connectivity index (χ4v) is 2.61. The monoisotopic (exact) mass is 426 g/mol. The first kappa shape index (κ1) is 23.0. The summed E-state index contributed by atoms with van der Waals surface area (Å²) < 4.78 is 48.8. The first-order valence-electron chi connectivity index (χ1n) is 9.11. The van der Waals surface area contributed by atoms with Crippen LogP contribution >= 0.6 is 0 Å². The molecule has 2 rings (SSSR count). The molecular formula is C19H25F3N6O2.